The van der Waals surface area contributed by atoms with Gasteiger partial charge in [0.2, 0.25) is 0 Å². The van der Waals surface area contributed by atoms with Gasteiger partial charge in [-0.3, -0.25) is 0 Å². The molecule has 2 N–H and O–H groups in total. The average Bonchev–Trinajstić information content (AvgIpc) is 1.88. The highest BCUT2D eigenvalue weighted by atomic mass is 31.1. The lowest BCUT2D eigenvalue weighted by molar-refractivity contribution is 0.588. The zero-order valence-corrected chi connectivity index (χ0v) is 6.42. The van der Waals surface area contributed by atoms with Crippen LogP contribution in [0.15, 0.2) is 30.3 Å². The summed E-state index contributed by atoms with van der Waals surface area (Å²) in [7, 11) is -1.53. The molecule has 3 heteroatoms. The van der Waals surface area contributed by atoms with Crippen LogP contribution in [-0.4, -0.2) is 0 Å². The second-order valence-corrected chi connectivity index (χ2v) is 3.21. The lowest BCUT2D eigenvalue weighted by Crippen LogP contribution is -1.83. The Morgan fingerprint density at radius 3 is 2.40 bits per heavy atom. The Kier molecular flexibility index (Phi) is 2.55. The molecular formula is C7H9NOP+. The normalized spacial score (nSPS) is 11.1. The summed E-state index contributed by atoms with van der Waals surface area (Å²) in [6.07, 6.45) is 0.482. The molecule has 1 aromatic carbocycles. The molecule has 0 radical (unpaired) electrons. The summed E-state index contributed by atoms with van der Waals surface area (Å²) in [5.74, 6) is 0. The Labute approximate surface area is 60.9 Å². The summed E-state index contributed by atoms with van der Waals surface area (Å²) < 4.78 is 10.5. The second kappa shape index (κ2) is 3.45. The Morgan fingerprint density at radius 2 is 1.90 bits per heavy atom. The molecule has 52 valence electrons. The van der Waals surface area contributed by atoms with Gasteiger partial charge in [-0.05, 0) is 0 Å². The van der Waals surface area contributed by atoms with E-state index in [-0.39, 0.29) is 0 Å². The maximum atomic E-state index is 10.5. The van der Waals surface area contributed by atoms with Crippen molar-refractivity contribution in [2.75, 3.05) is 0 Å². The van der Waals surface area contributed by atoms with E-state index in [0.717, 1.165) is 5.56 Å². The SMILES string of the molecule is N[P+](=O)Cc1ccccc1. The molecule has 0 saturated carbocycles. The van der Waals surface area contributed by atoms with Crippen molar-refractivity contribution >= 4 is 7.95 Å². The summed E-state index contributed by atoms with van der Waals surface area (Å²) in [6.45, 7) is 0. The molecule has 10 heavy (non-hydrogen) atoms. The first kappa shape index (κ1) is 7.39. The van der Waals surface area contributed by atoms with E-state index >= 15 is 0 Å². The molecule has 0 aliphatic heterocycles. The van der Waals surface area contributed by atoms with Gasteiger partial charge in [-0.2, -0.15) is 0 Å². The fourth-order valence-corrected chi connectivity index (χ4v) is 1.33. The molecule has 0 aromatic heterocycles. The van der Waals surface area contributed by atoms with Crippen molar-refractivity contribution in [3.05, 3.63) is 35.9 Å². The number of benzene rings is 1. The number of hydrogen-bond acceptors (Lipinski definition) is 1. The molecule has 0 fully saturated rings. The van der Waals surface area contributed by atoms with E-state index in [0.29, 0.717) is 6.16 Å². The van der Waals surface area contributed by atoms with Crippen LogP contribution in [0, 0.1) is 0 Å². The molecule has 0 heterocycles. The van der Waals surface area contributed by atoms with Crippen LogP contribution in [0.2, 0.25) is 0 Å². The first-order valence-electron chi connectivity index (χ1n) is 3.02. The summed E-state index contributed by atoms with van der Waals surface area (Å²) in [5, 5.41) is 0. The van der Waals surface area contributed by atoms with Crippen LogP contribution in [0.5, 0.6) is 0 Å². The van der Waals surface area contributed by atoms with Crippen molar-refractivity contribution in [3.63, 3.8) is 0 Å². The Morgan fingerprint density at radius 1 is 1.30 bits per heavy atom. The number of rotatable bonds is 2. The third kappa shape index (κ3) is 2.26. The van der Waals surface area contributed by atoms with Gasteiger partial charge in [-0.15, -0.1) is 5.50 Å². The molecular weight excluding hydrogens is 145 g/mol. The highest BCUT2D eigenvalue weighted by Gasteiger charge is 2.06. The van der Waals surface area contributed by atoms with Crippen LogP contribution in [-0.2, 0) is 10.7 Å². The van der Waals surface area contributed by atoms with E-state index in [1.165, 1.54) is 0 Å². The maximum absolute atomic E-state index is 10.5. The van der Waals surface area contributed by atoms with Gasteiger partial charge in [0.15, 0.2) is 6.16 Å². The monoisotopic (exact) mass is 154 g/mol. The van der Waals surface area contributed by atoms with Gasteiger partial charge in [-0.1, -0.05) is 34.9 Å². The van der Waals surface area contributed by atoms with E-state index in [4.69, 9.17) is 5.50 Å². The molecule has 1 unspecified atom stereocenters. The standard InChI is InChI=1S/C7H9NOP/c8-10(9)6-7-4-2-1-3-5-7/h1-5H,6H2,(H2,8,9)/q+1. The average molecular weight is 154 g/mol. The zero-order valence-electron chi connectivity index (χ0n) is 5.53. The minimum Gasteiger partial charge on any atom is -0.121 e. The van der Waals surface area contributed by atoms with Crippen LogP contribution >= 0.6 is 7.95 Å². The van der Waals surface area contributed by atoms with Gasteiger partial charge in [0.25, 0.3) is 0 Å². The van der Waals surface area contributed by atoms with Crippen LogP contribution < -0.4 is 5.50 Å². The van der Waals surface area contributed by atoms with Crippen molar-refractivity contribution in [2.24, 2.45) is 5.50 Å². The van der Waals surface area contributed by atoms with Crippen molar-refractivity contribution in [2.45, 2.75) is 6.16 Å². The topological polar surface area (TPSA) is 43.1 Å². The molecule has 0 aliphatic carbocycles. The van der Waals surface area contributed by atoms with Crippen LogP contribution in [0.25, 0.3) is 0 Å². The van der Waals surface area contributed by atoms with Crippen LogP contribution in [0.3, 0.4) is 0 Å². The van der Waals surface area contributed by atoms with Crippen molar-refractivity contribution in [3.8, 4) is 0 Å². The molecule has 2 nitrogen and oxygen atoms in total. The summed E-state index contributed by atoms with van der Waals surface area (Å²) in [6, 6.07) is 9.58. The molecule has 1 atom stereocenters. The largest absolute Gasteiger partial charge is 0.434 e. The van der Waals surface area contributed by atoms with E-state index in [1.807, 2.05) is 30.3 Å². The number of hydrogen-bond donors (Lipinski definition) is 1. The predicted molar refractivity (Wildman–Crippen MR) is 41.9 cm³/mol. The van der Waals surface area contributed by atoms with Crippen molar-refractivity contribution < 1.29 is 4.57 Å². The molecule has 0 spiro atoms. The first-order valence-corrected chi connectivity index (χ1v) is 4.54. The minimum atomic E-state index is -1.53. The van der Waals surface area contributed by atoms with Gasteiger partial charge in [-0.25, -0.2) is 0 Å². The third-order valence-corrected chi connectivity index (χ3v) is 1.86. The molecule has 1 aromatic rings. The predicted octanol–water partition coefficient (Wildman–Crippen LogP) is 1.89. The van der Waals surface area contributed by atoms with E-state index < -0.39 is 7.95 Å². The molecule has 0 saturated heterocycles. The van der Waals surface area contributed by atoms with Gasteiger partial charge < -0.3 is 0 Å². The Balaban J connectivity index is 2.67. The lowest BCUT2D eigenvalue weighted by atomic mass is 10.2. The molecule has 0 amide bonds. The van der Waals surface area contributed by atoms with Gasteiger partial charge in [0.05, 0.1) is 0 Å². The third-order valence-electron chi connectivity index (χ3n) is 1.18. The second-order valence-electron chi connectivity index (χ2n) is 2.06. The first-order chi connectivity index (χ1) is 4.79. The fourth-order valence-electron chi connectivity index (χ4n) is 0.763. The van der Waals surface area contributed by atoms with Crippen LogP contribution in [0.4, 0.5) is 0 Å². The maximum Gasteiger partial charge on any atom is 0.434 e. The van der Waals surface area contributed by atoms with E-state index in [1.54, 1.807) is 0 Å². The quantitative estimate of drug-likeness (QED) is 0.661. The number of nitrogens with two attached hydrogens (primary N) is 1. The molecule has 0 aliphatic rings. The van der Waals surface area contributed by atoms with Gasteiger partial charge in [0, 0.05) is 5.56 Å². The van der Waals surface area contributed by atoms with Crippen molar-refractivity contribution in [1.82, 2.24) is 0 Å². The zero-order chi connectivity index (χ0) is 7.40. The lowest BCUT2D eigenvalue weighted by Gasteiger charge is -1.86. The van der Waals surface area contributed by atoms with Crippen LogP contribution in [0.1, 0.15) is 5.56 Å². The molecule has 0 bridgehead atoms. The van der Waals surface area contributed by atoms with Gasteiger partial charge in [0.1, 0.15) is 0 Å². The minimum absolute atomic E-state index is 0.482. The Bertz CT molecular complexity index is 222. The van der Waals surface area contributed by atoms with E-state index in [9.17, 15) is 4.57 Å². The highest BCUT2D eigenvalue weighted by molar-refractivity contribution is 7.41. The summed E-state index contributed by atoms with van der Waals surface area (Å²) in [4.78, 5) is 0. The molecule has 1 rings (SSSR count). The van der Waals surface area contributed by atoms with Gasteiger partial charge >= 0.3 is 7.95 Å². The highest BCUT2D eigenvalue weighted by Crippen LogP contribution is 2.16. The smallest absolute Gasteiger partial charge is 0.121 e. The summed E-state index contributed by atoms with van der Waals surface area (Å²) in [5.41, 5.74) is 6.17. The van der Waals surface area contributed by atoms with Crippen molar-refractivity contribution in [1.29, 1.82) is 0 Å². The fraction of sp³-hybridized carbons (Fsp3) is 0.143. The Hall–Kier alpha value is -0.720. The summed E-state index contributed by atoms with van der Waals surface area (Å²) >= 11 is 0. The van der Waals surface area contributed by atoms with E-state index in [2.05, 4.69) is 0 Å².